The van der Waals surface area contributed by atoms with Crippen molar-refractivity contribution in [1.82, 2.24) is 5.32 Å². The molecule has 1 saturated carbocycles. The van der Waals surface area contributed by atoms with Crippen LogP contribution in [-0.2, 0) is 0 Å². The molecule has 0 amide bonds. The molecule has 2 unspecified atom stereocenters. The van der Waals surface area contributed by atoms with Crippen molar-refractivity contribution in [2.75, 3.05) is 19.0 Å². The molecule has 1 rings (SSSR count). The van der Waals surface area contributed by atoms with Crippen LogP contribution in [0, 0.1) is 17.3 Å². The Labute approximate surface area is 100.0 Å². The topological polar surface area (TPSA) is 12.0 Å². The molecule has 0 spiro atoms. The van der Waals surface area contributed by atoms with Crippen LogP contribution in [0.3, 0.4) is 0 Å². The van der Waals surface area contributed by atoms with E-state index >= 15 is 0 Å². The molecule has 0 aromatic heterocycles. The average Bonchev–Trinajstić information content (AvgIpc) is 2.58. The molecule has 1 fully saturated rings. The molecule has 15 heavy (non-hydrogen) atoms. The van der Waals surface area contributed by atoms with E-state index in [2.05, 4.69) is 26.1 Å². The highest BCUT2D eigenvalue weighted by molar-refractivity contribution is 6.18. The number of alkyl halides is 1. The summed E-state index contributed by atoms with van der Waals surface area (Å²) in [6.07, 6.45) is 5.35. The third kappa shape index (κ3) is 5.21. The Hall–Kier alpha value is 0.250. The third-order valence-corrected chi connectivity index (χ3v) is 3.87. The molecule has 0 heterocycles. The maximum atomic E-state index is 5.96. The second kappa shape index (κ2) is 6.10. The van der Waals surface area contributed by atoms with Gasteiger partial charge in [0.15, 0.2) is 0 Å². The first-order valence-corrected chi connectivity index (χ1v) is 6.83. The van der Waals surface area contributed by atoms with Gasteiger partial charge in [0, 0.05) is 5.88 Å². The molecule has 1 aliphatic carbocycles. The molecule has 0 aromatic carbocycles. The molecule has 90 valence electrons. The zero-order valence-electron chi connectivity index (χ0n) is 10.5. The first-order valence-electron chi connectivity index (χ1n) is 6.29. The minimum absolute atomic E-state index is 0.453. The summed E-state index contributed by atoms with van der Waals surface area (Å²) in [4.78, 5) is 0. The van der Waals surface area contributed by atoms with Gasteiger partial charge in [-0.05, 0) is 49.6 Å². The summed E-state index contributed by atoms with van der Waals surface area (Å²) in [6.45, 7) is 9.21. The van der Waals surface area contributed by atoms with Gasteiger partial charge in [-0.2, -0.15) is 0 Å². The van der Waals surface area contributed by atoms with E-state index in [4.69, 9.17) is 11.6 Å². The van der Waals surface area contributed by atoms with Gasteiger partial charge in [0.05, 0.1) is 0 Å². The maximum Gasteiger partial charge on any atom is 0.0254 e. The van der Waals surface area contributed by atoms with Crippen LogP contribution in [0.25, 0.3) is 0 Å². The first kappa shape index (κ1) is 13.3. The molecule has 0 bridgehead atoms. The highest BCUT2D eigenvalue weighted by Gasteiger charge is 2.25. The highest BCUT2D eigenvalue weighted by Crippen LogP contribution is 2.31. The van der Waals surface area contributed by atoms with Gasteiger partial charge in [0.2, 0.25) is 0 Å². The molecule has 1 nitrogen and oxygen atoms in total. The van der Waals surface area contributed by atoms with Crippen molar-refractivity contribution >= 4 is 11.6 Å². The Kier molecular flexibility index (Phi) is 5.42. The Morgan fingerprint density at radius 1 is 1.20 bits per heavy atom. The molecule has 0 aliphatic heterocycles. The largest absolute Gasteiger partial charge is 0.316 e. The predicted molar refractivity (Wildman–Crippen MR) is 68.5 cm³/mol. The second-order valence-corrected chi connectivity index (χ2v) is 6.43. The Bertz CT molecular complexity index is 174. The van der Waals surface area contributed by atoms with Gasteiger partial charge in [0.25, 0.3) is 0 Å². The standard InChI is InChI=1S/C13H26ClN/c1-13(2,3)7-8-15-10-12-6-4-5-11(12)9-14/h11-12,15H,4-10H2,1-3H3. The van der Waals surface area contributed by atoms with Gasteiger partial charge in [-0.15, -0.1) is 11.6 Å². The van der Waals surface area contributed by atoms with Crippen LogP contribution < -0.4 is 5.32 Å². The van der Waals surface area contributed by atoms with Crippen LogP contribution >= 0.6 is 11.6 Å². The molecule has 1 aliphatic rings. The van der Waals surface area contributed by atoms with E-state index in [0.29, 0.717) is 5.41 Å². The van der Waals surface area contributed by atoms with Crippen LogP contribution in [0.5, 0.6) is 0 Å². The Morgan fingerprint density at radius 3 is 2.47 bits per heavy atom. The smallest absolute Gasteiger partial charge is 0.0254 e. The van der Waals surface area contributed by atoms with Crippen LogP contribution in [0.2, 0.25) is 0 Å². The normalized spacial score (nSPS) is 27.2. The van der Waals surface area contributed by atoms with E-state index in [-0.39, 0.29) is 0 Å². The van der Waals surface area contributed by atoms with Crippen molar-refractivity contribution in [2.24, 2.45) is 17.3 Å². The highest BCUT2D eigenvalue weighted by atomic mass is 35.5. The lowest BCUT2D eigenvalue weighted by Gasteiger charge is -2.21. The first-order chi connectivity index (χ1) is 7.03. The molecule has 0 radical (unpaired) electrons. The van der Waals surface area contributed by atoms with Gasteiger partial charge in [-0.25, -0.2) is 0 Å². The second-order valence-electron chi connectivity index (χ2n) is 6.12. The lowest BCUT2D eigenvalue weighted by Crippen LogP contribution is -2.28. The van der Waals surface area contributed by atoms with Crippen molar-refractivity contribution in [1.29, 1.82) is 0 Å². The van der Waals surface area contributed by atoms with Gasteiger partial charge < -0.3 is 5.32 Å². The third-order valence-electron chi connectivity index (χ3n) is 3.47. The summed E-state index contributed by atoms with van der Waals surface area (Å²) >= 11 is 5.96. The molecule has 1 N–H and O–H groups in total. The number of rotatable bonds is 5. The van der Waals surface area contributed by atoms with Gasteiger partial charge in [-0.3, -0.25) is 0 Å². The number of hydrogen-bond acceptors (Lipinski definition) is 1. The van der Waals surface area contributed by atoms with Crippen molar-refractivity contribution in [3.8, 4) is 0 Å². The molecule has 0 aromatic rings. The fourth-order valence-corrected chi connectivity index (χ4v) is 2.74. The quantitative estimate of drug-likeness (QED) is 0.563. The van der Waals surface area contributed by atoms with E-state index in [1.165, 1.54) is 32.2 Å². The van der Waals surface area contributed by atoms with Crippen molar-refractivity contribution in [3.05, 3.63) is 0 Å². The lowest BCUT2D eigenvalue weighted by atomic mass is 9.92. The number of halogens is 1. The van der Waals surface area contributed by atoms with Crippen molar-refractivity contribution in [3.63, 3.8) is 0 Å². The van der Waals surface area contributed by atoms with E-state index in [9.17, 15) is 0 Å². The maximum absolute atomic E-state index is 5.96. The van der Waals surface area contributed by atoms with Gasteiger partial charge in [0.1, 0.15) is 0 Å². The monoisotopic (exact) mass is 231 g/mol. The minimum Gasteiger partial charge on any atom is -0.316 e. The SMILES string of the molecule is CC(C)(C)CCNCC1CCCC1CCl. The van der Waals surface area contributed by atoms with Crippen LogP contribution in [0.15, 0.2) is 0 Å². The fourth-order valence-electron chi connectivity index (χ4n) is 2.34. The summed E-state index contributed by atoms with van der Waals surface area (Å²) in [5.41, 5.74) is 0.453. The zero-order chi connectivity index (χ0) is 11.3. The predicted octanol–water partition coefficient (Wildman–Crippen LogP) is 3.67. The van der Waals surface area contributed by atoms with Crippen molar-refractivity contribution in [2.45, 2.75) is 46.5 Å². The van der Waals surface area contributed by atoms with E-state index < -0.39 is 0 Å². The van der Waals surface area contributed by atoms with Gasteiger partial charge >= 0.3 is 0 Å². The summed E-state index contributed by atoms with van der Waals surface area (Å²) < 4.78 is 0. The Balaban J connectivity index is 2.09. The fraction of sp³-hybridized carbons (Fsp3) is 1.00. The molecule has 0 saturated heterocycles. The number of nitrogens with one attached hydrogen (secondary N) is 1. The molecule has 2 atom stereocenters. The summed E-state index contributed by atoms with van der Waals surface area (Å²) in [6, 6.07) is 0. The molecule has 2 heteroatoms. The minimum atomic E-state index is 0.453. The Morgan fingerprint density at radius 2 is 1.87 bits per heavy atom. The van der Waals surface area contributed by atoms with E-state index in [1.54, 1.807) is 0 Å². The zero-order valence-corrected chi connectivity index (χ0v) is 11.2. The van der Waals surface area contributed by atoms with E-state index in [0.717, 1.165) is 24.3 Å². The molecular formula is C13H26ClN. The van der Waals surface area contributed by atoms with Gasteiger partial charge in [-0.1, -0.05) is 27.2 Å². The van der Waals surface area contributed by atoms with Crippen LogP contribution in [0.1, 0.15) is 46.5 Å². The average molecular weight is 232 g/mol. The van der Waals surface area contributed by atoms with E-state index in [1.807, 2.05) is 0 Å². The molecular weight excluding hydrogens is 206 g/mol. The van der Waals surface area contributed by atoms with Crippen LogP contribution in [0.4, 0.5) is 0 Å². The number of hydrogen-bond donors (Lipinski definition) is 1. The summed E-state index contributed by atoms with van der Waals surface area (Å²) in [5.74, 6) is 2.46. The summed E-state index contributed by atoms with van der Waals surface area (Å²) in [5, 5.41) is 3.59. The van der Waals surface area contributed by atoms with Crippen LogP contribution in [-0.4, -0.2) is 19.0 Å². The summed E-state index contributed by atoms with van der Waals surface area (Å²) in [7, 11) is 0. The lowest BCUT2D eigenvalue weighted by molar-refractivity contribution is 0.343. The van der Waals surface area contributed by atoms with Crippen molar-refractivity contribution < 1.29 is 0 Å².